The molecular formula is C21H20N2O5S2. The van der Waals surface area contributed by atoms with Gasteiger partial charge in [-0.3, -0.25) is 4.79 Å². The number of para-hydroxylation sites is 1. The SMILES string of the molecule is O=C(Nc1ccc(Oc2ccccc2)cc1)c1sccc1S(=O)(=O)N1CCOCC1. The van der Waals surface area contributed by atoms with Gasteiger partial charge in [0.05, 0.1) is 13.2 Å². The van der Waals surface area contributed by atoms with E-state index in [9.17, 15) is 13.2 Å². The number of benzene rings is 2. The van der Waals surface area contributed by atoms with Gasteiger partial charge in [0.25, 0.3) is 5.91 Å². The second-order valence-electron chi connectivity index (χ2n) is 6.52. The Morgan fingerprint density at radius 1 is 0.967 bits per heavy atom. The van der Waals surface area contributed by atoms with Crippen LogP contribution in [0.4, 0.5) is 5.69 Å². The van der Waals surface area contributed by atoms with Gasteiger partial charge in [-0.2, -0.15) is 4.31 Å². The monoisotopic (exact) mass is 444 g/mol. The molecule has 1 aliphatic rings. The van der Waals surface area contributed by atoms with E-state index in [2.05, 4.69) is 5.32 Å². The number of hydrogen-bond acceptors (Lipinski definition) is 6. The van der Waals surface area contributed by atoms with Gasteiger partial charge in [-0.05, 0) is 47.8 Å². The molecule has 3 aromatic rings. The van der Waals surface area contributed by atoms with Crippen molar-refractivity contribution in [2.24, 2.45) is 0 Å². The molecule has 1 aliphatic heterocycles. The summed E-state index contributed by atoms with van der Waals surface area (Å²) in [6.45, 7) is 1.26. The number of sulfonamides is 1. The average molecular weight is 445 g/mol. The molecule has 1 N–H and O–H groups in total. The summed E-state index contributed by atoms with van der Waals surface area (Å²) in [7, 11) is -3.75. The van der Waals surface area contributed by atoms with E-state index in [-0.39, 0.29) is 22.9 Å². The van der Waals surface area contributed by atoms with Crippen LogP contribution in [0.5, 0.6) is 11.5 Å². The smallest absolute Gasteiger partial charge is 0.267 e. The molecule has 0 saturated carbocycles. The lowest BCUT2D eigenvalue weighted by atomic mass is 10.3. The molecule has 156 valence electrons. The van der Waals surface area contributed by atoms with Gasteiger partial charge in [0.15, 0.2) is 0 Å². The molecule has 0 spiro atoms. The molecule has 4 rings (SSSR count). The van der Waals surface area contributed by atoms with Crippen LogP contribution in [-0.4, -0.2) is 44.9 Å². The fourth-order valence-electron chi connectivity index (χ4n) is 3.01. The number of nitrogens with one attached hydrogen (secondary N) is 1. The van der Waals surface area contributed by atoms with E-state index in [1.165, 1.54) is 10.4 Å². The Bertz CT molecular complexity index is 1110. The van der Waals surface area contributed by atoms with Crippen molar-refractivity contribution in [2.45, 2.75) is 4.90 Å². The third-order valence-electron chi connectivity index (χ3n) is 4.51. The Kier molecular flexibility index (Phi) is 6.14. The summed E-state index contributed by atoms with van der Waals surface area (Å²) < 4.78 is 38.2. The van der Waals surface area contributed by atoms with Crippen LogP contribution in [-0.2, 0) is 14.8 Å². The second-order valence-corrected chi connectivity index (χ2v) is 9.35. The zero-order chi connectivity index (χ0) is 21.0. The largest absolute Gasteiger partial charge is 0.457 e. The number of thiophene rings is 1. The summed E-state index contributed by atoms with van der Waals surface area (Å²) in [6, 6.07) is 17.7. The van der Waals surface area contributed by atoms with Gasteiger partial charge in [-0.25, -0.2) is 8.42 Å². The van der Waals surface area contributed by atoms with Crippen LogP contribution >= 0.6 is 11.3 Å². The Morgan fingerprint density at radius 2 is 1.63 bits per heavy atom. The molecule has 0 atom stereocenters. The molecule has 0 bridgehead atoms. The van der Waals surface area contributed by atoms with Crippen molar-refractivity contribution >= 4 is 33.0 Å². The Morgan fingerprint density at radius 3 is 2.33 bits per heavy atom. The van der Waals surface area contributed by atoms with Gasteiger partial charge >= 0.3 is 0 Å². The van der Waals surface area contributed by atoms with Crippen LogP contribution in [0.15, 0.2) is 70.9 Å². The van der Waals surface area contributed by atoms with Crippen molar-refractivity contribution in [1.82, 2.24) is 4.31 Å². The van der Waals surface area contributed by atoms with Crippen LogP contribution in [0.2, 0.25) is 0 Å². The van der Waals surface area contributed by atoms with Gasteiger partial charge in [0.2, 0.25) is 10.0 Å². The summed E-state index contributed by atoms with van der Waals surface area (Å²) in [5.41, 5.74) is 0.545. The van der Waals surface area contributed by atoms with Crippen LogP contribution in [0.25, 0.3) is 0 Å². The number of anilines is 1. The van der Waals surface area contributed by atoms with Crippen molar-refractivity contribution in [2.75, 3.05) is 31.6 Å². The summed E-state index contributed by atoms with van der Waals surface area (Å²) in [5.74, 6) is 0.880. The van der Waals surface area contributed by atoms with Crippen LogP contribution in [0.1, 0.15) is 9.67 Å². The number of rotatable bonds is 6. The van der Waals surface area contributed by atoms with E-state index in [4.69, 9.17) is 9.47 Å². The Hall–Kier alpha value is -2.72. The molecule has 0 unspecified atom stereocenters. The van der Waals surface area contributed by atoms with E-state index in [1.54, 1.807) is 29.6 Å². The molecule has 2 heterocycles. The van der Waals surface area contributed by atoms with Crippen LogP contribution in [0.3, 0.4) is 0 Å². The zero-order valence-corrected chi connectivity index (χ0v) is 17.6. The molecule has 1 aromatic heterocycles. The van der Waals surface area contributed by atoms with E-state index < -0.39 is 15.9 Å². The minimum atomic E-state index is -3.75. The van der Waals surface area contributed by atoms with E-state index in [1.807, 2.05) is 30.3 Å². The molecule has 2 aromatic carbocycles. The Balaban J connectivity index is 1.46. The molecule has 1 amide bonds. The highest BCUT2D eigenvalue weighted by atomic mass is 32.2. The molecule has 1 fully saturated rings. The standard InChI is InChI=1S/C21H20N2O5S2/c24-21(20-19(10-15-29-20)30(25,26)23-11-13-27-14-12-23)22-16-6-8-18(9-7-16)28-17-4-2-1-3-5-17/h1-10,15H,11-14H2,(H,22,24). The maximum Gasteiger partial charge on any atom is 0.267 e. The summed E-state index contributed by atoms with van der Waals surface area (Å²) in [6.07, 6.45) is 0. The van der Waals surface area contributed by atoms with Crippen molar-refractivity contribution < 1.29 is 22.7 Å². The summed E-state index contributed by atoms with van der Waals surface area (Å²) in [5, 5.41) is 4.37. The first-order chi connectivity index (χ1) is 14.5. The molecular weight excluding hydrogens is 424 g/mol. The fraction of sp³-hybridized carbons (Fsp3) is 0.190. The third-order valence-corrected chi connectivity index (χ3v) is 7.50. The summed E-state index contributed by atoms with van der Waals surface area (Å²) in [4.78, 5) is 12.9. The fourth-order valence-corrected chi connectivity index (χ4v) is 5.71. The van der Waals surface area contributed by atoms with Crippen LogP contribution < -0.4 is 10.1 Å². The van der Waals surface area contributed by atoms with Crippen molar-refractivity contribution in [3.63, 3.8) is 0 Å². The third kappa shape index (κ3) is 4.54. The first-order valence-corrected chi connectivity index (χ1v) is 11.7. The first-order valence-electron chi connectivity index (χ1n) is 9.34. The highest BCUT2D eigenvalue weighted by Crippen LogP contribution is 2.28. The average Bonchev–Trinajstić information content (AvgIpc) is 3.28. The van der Waals surface area contributed by atoms with Crippen LogP contribution in [0, 0.1) is 0 Å². The predicted octanol–water partition coefficient (Wildman–Crippen LogP) is 3.81. The first kappa shape index (κ1) is 20.5. The minimum Gasteiger partial charge on any atom is -0.457 e. The number of hydrogen-bond donors (Lipinski definition) is 1. The van der Waals surface area contributed by atoms with Gasteiger partial charge in [-0.15, -0.1) is 11.3 Å². The molecule has 0 radical (unpaired) electrons. The van der Waals surface area contributed by atoms with Crippen molar-refractivity contribution in [3.8, 4) is 11.5 Å². The molecule has 1 saturated heterocycles. The van der Waals surface area contributed by atoms with Gasteiger partial charge in [0.1, 0.15) is 21.3 Å². The maximum atomic E-state index is 12.9. The van der Waals surface area contributed by atoms with Crippen molar-refractivity contribution in [3.05, 3.63) is 70.9 Å². The van der Waals surface area contributed by atoms with E-state index in [0.717, 1.165) is 11.3 Å². The van der Waals surface area contributed by atoms with E-state index >= 15 is 0 Å². The second kappa shape index (κ2) is 8.97. The molecule has 30 heavy (non-hydrogen) atoms. The number of carbonyl (C=O) groups excluding carboxylic acids is 1. The molecule has 9 heteroatoms. The Labute approximate surface area is 178 Å². The van der Waals surface area contributed by atoms with Crippen molar-refractivity contribution in [1.29, 1.82) is 0 Å². The minimum absolute atomic E-state index is 0.0240. The normalized spacial score (nSPS) is 14.9. The van der Waals surface area contributed by atoms with Gasteiger partial charge < -0.3 is 14.8 Å². The topological polar surface area (TPSA) is 84.9 Å². The van der Waals surface area contributed by atoms with Gasteiger partial charge in [0, 0.05) is 18.8 Å². The number of nitrogens with zero attached hydrogens (tertiary/aromatic N) is 1. The highest BCUT2D eigenvalue weighted by Gasteiger charge is 2.31. The number of morpholine rings is 1. The van der Waals surface area contributed by atoms with Gasteiger partial charge in [-0.1, -0.05) is 18.2 Å². The molecule has 0 aliphatic carbocycles. The van der Waals surface area contributed by atoms with E-state index in [0.29, 0.717) is 30.4 Å². The predicted molar refractivity (Wildman–Crippen MR) is 115 cm³/mol. The number of ether oxygens (including phenoxy) is 2. The lowest BCUT2D eigenvalue weighted by Crippen LogP contribution is -2.41. The number of carbonyl (C=O) groups is 1. The lowest BCUT2D eigenvalue weighted by molar-refractivity contribution is 0.0730. The lowest BCUT2D eigenvalue weighted by Gasteiger charge is -2.26. The number of amides is 1. The highest BCUT2D eigenvalue weighted by molar-refractivity contribution is 7.89. The molecule has 7 nitrogen and oxygen atoms in total. The summed E-state index contributed by atoms with van der Waals surface area (Å²) >= 11 is 1.10. The maximum absolute atomic E-state index is 12.9. The zero-order valence-electron chi connectivity index (χ0n) is 16.0. The quantitative estimate of drug-likeness (QED) is 0.625.